The molecule has 2 atom stereocenters. The highest BCUT2D eigenvalue weighted by Crippen LogP contribution is 2.16. The summed E-state index contributed by atoms with van der Waals surface area (Å²) in [5.74, 6) is 0.0443. The fourth-order valence-corrected chi connectivity index (χ4v) is 2.18. The molecule has 6 nitrogen and oxygen atoms in total. The van der Waals surface area contributed by atoms with E-state index in [9.17, 15) is 4.79 Å². The molecule has 17 heavy (non-hydrogen) atoms. The van der Waals surface area contributed by atoms with Gasteiger partial charge in [-0.3, -0.25) is 9.48 Å². The molecule has 0 radical (unpaired) electrons. The van der Waals surface area contributed by atoms with Crippen LogP contribution in [0.5, 0.6) is 0 Å². The normalized spacial score (nSPS) is 24.5. The van der Waals surface area contributed by atoms with E-state index in [4.69, 9.17) is 5.73 Å². The number of nitrogens with zero attached hydrogens (tertiary/aromatic N) is 3. The number of carbonyl (C=O) groups is 1. The van der Waals surface area contributed by atoms with Crippen LogP contribution in [0.4, 0.5) is 0 Å². The molecule has 1 aromatic heterocycles. The van der Waals surface area contributed by atoms with E-state index in [2.05, 4.69) is 15.4 Å². The standard InChI is InChI=1S/C11H19N5O/c12-9-3-1-2-4-10(9)15-11(17)5-6-16-8-13-7-14-16/h7-10H,1-6,12H2,(H,15,17). The second kappa shape index (κ2) is 5.77. The van der Waals surface area contributed by atoms with E-state index in [1.807, 2.05) is 0 Å². The van der Waals surface area contributed by atoms with Crippen LogP contribution in [-0.2, 0) is 11.3 Å². The minimum atomic E-state index is 0.0443. The first-order valence-corrected chi connectivity index (χ1v) is 6.13. The predicted molar refractivity (Wildman–Crippen MR) is 63.0 cm³/mol. The summed E-state index contributed by atoms with van der Waals surface area (Å²) in [6.07, 6.45) is 7.83. The van der Waals surface area contributed by atoms with Crippen molar-refractivity contribution in [1.29, 1.82) is 0 Å². The molecule has 2 rings (SSSR count). The summed E-state index contributed by atoms with van der Waals surface area (Å²) >= 11 is 0. The van der Waals surface area contributed by atoms with Gasteiger partial charge in [0.05, 0.1) is 6.54 Å². The monoisotopic (exact) mass is 237 g/mol. The minimum Gasteiger partial charge on any atom is -0.352 e. The molecule has 2 unspecified atom stereocenters. The summed E-state index contributed by atoms with van der Waals surface area (Å²) in [4.78, 5) is 15.6. The minimum absolute atomic E-state index is 0.0443. The van der Waals surface area contributed by atoms with Crippen LogP contribution in [0.1, 0.15) is 32.1 Å². The van der Waals surface area contributed by atoms with Crippen LogP contribution in [0.15, 0.2) is 12.7 Å². The van der Waals surface area contributed by atoms with Gasteiger partial charge in [-0.1, -0.05) is 12.8 Å². The third-order valence-electron chi connectivity index (χ3n) is 3.20. The Morgan fingerprint density at radius 2 is 2.29 bits per heavy atom. The molecule has 0 spiro atoms. The molecule has 1 fully saturated rings. The van der Waals surface area contributed by atoms with Gasteiger partial charge in [-0.05, 0) is 12.8 Å². The lowest BCUT2D eigenvalue weighted by molar-refractivity contribution is -0.122. The average Bonchev–Trinajstić information content (AvgIpc) is 2.82. The van der Waals surface area contributed by atoms with Crippen molar-refractivity contribution >= 4 is 5.91 Å². The van der Waals surface area contributed by atoms with E-state index in [0.717, 1.165) is 19.3 Å². The van der Waals surface area contributed by atoms with Gasteiger partial charge in [-0.2, -0.15) is 5.10 Å². The fraction of sp³-hybridized carbons (Fsp3) is 0.727. The topological polar surface area (TPSA) is 85.8 Å². The number of aryl methyl sites for hydroxylation is 1. The highest BCUT2D eigenvalue weighted by atomic mass is 16.1. The van der Waals surface area contributed by atoms with Gasteiger partial charge in [0.1, 0.15) is 12.7 Å². The Morgan fingerprint density at radius 1 is 1.47 bits per heavy atom. The fourth-order valence-electron chi connectivity index (χ4n) is 2.18. The molecule has 0 aliphatic heterocycles. The van der Waals surface area contributed by atoms with E-state index in [1.54, 1.807) is 11.0 Å². The molecule has 0 bridgehead atoms. The lowest BCUT2D eigenvalue weighted by atomic mass is 9.91. The highest BCUT2D eigenvalue weighted by Gasteiger charge is 2.22. The largest absolute Gasteiger partial charge is 0.352 e. The molecular formula is C11H19N5O. The maximum absolute atomic E-state index is 11.7. The molecule has 1 aromatic rings. The van der Waals surface area contributed by atoms with Crippen molar-refractivity contribution in [3.63, 3.8) is 0 Å². The number of amides is 1. The van der Waals surface area contributed by atoms with Crippen molar-refractivity contribution < 1.29 is 4.79 Å². The second-order valence-electron chi connectivity index (χ2n) is 4.53. The second-order valence-corrected chi connectivity index (χ2v) is 4.53. The molecule has 0 saturated heterocycles. The van der Waals surface area contributed by atoms with E-state index < -0.39 is 0 Å². The Labute approximate surface area is 101 Å². The SMILES string of the molecule is NC1CCCCC1NC(=O)CCn1cncn1. The lowest BCUT2D eigenvalue weighted by Gasteiger charge is -2.29. The van der Waals surface area contributed by atoms with Crippen LogP contribution in [-0.4, -0.2) is 32.8 Å². The van der Waals surface area contributed by atoms with Gasteiger partial charge in [0.2, 0.25) is 5.91 Å². The molecule has 94 valence electrons. The van der Waals surface area contributed by atoms with Crippen LogP contribution in [0, 0.1) is 0 Å². The van der Waals surface area contributed by atoms with Gasteiger partial charge in [-0.25, -0.2) is 4.98 Å². The van der Waals surface area contributed by atoms with Crippen molar-refractivity contribution in [3.05, 3.63) is 12.7 Å². The number of nitrogens with two attached hydrogens (primary N) is 1. The first-order chi connectivity index (χ1) is 8.25. The molecule has 1 saturated carbocycles. The molecule has 3 N–H and O–H groups in total. The Balaban J connectivity index is 1.73. The molecule has 1 aliphatic carbocycles. The summed E-state index contributed by atoms with van der Waals surface area (Å²) in [7, 11) is 0. The molecule has 6 heteroatoms. The zero-order valence-electron chi connectivity index (χ0n) is 9.88. The predicted octanol–water partition coefficient (Wildman–Crippen LogP) is 0.0543. The van der Waals surface area contributed by atoms with E-state index in [1.165, 1.54) is 12.7 Å². The highest BCUT2D eigenvalue weighted by molar-refractivity contribution is 5.76. The Bertz CT molecular complexity index is 351. The molecule has 0 aromatic carbocycles. The number of aromatic nitrogens is 3. The van der Waals surface area contributed by atoms with Crippen molar-refractivity contribution in [3.8, 4) is 0 Å². The van der Waals surface area contributed by atoms with Gasteiger partial charge in [0, 0.05) is 18.5 Å². The number of rotatable bonds is 4. The van der Waals surface area contributed by atoms with Gasteiger partial charge in [-0.15, -0.1) is 0 Å². The third-order valence-corrected chi connectivity index (χ3v) is 3.20. The summed E-state index contributed by atoms with van der Waals surface area (Å²) in [6.45, 7) is 0.563. The Morgan fingerprint density at radius 3 is 3.00 bits per heavy atom. The lowest BCUT2D eigenvalue weighted by Crippen LogP contribution is -2.49. The maximum atomic E-state index is 11.7. The van der Waals surface area contributed by atoms with Crippen LogP contribution >= 0.6 is 0 Å². The number of hydrogen-bond acceptors (Lipinski definition) is 4. The van der Waals surface area contributed by atoms with Crippen molar-refractivity contribution in [2.24, 2.45) is 5.73 Å². The van der Waals surface area contributed by atoms with Crippen LogP contribution in [0.2, 0.25) is 0 Å². The van der Waals surface area contributed by atoms with Gasteiger partial charge >= 0.3 is 0 Å². The van der Waals surface area contributed by atoms with E-state index in [-0.39, 0.29) is 18.0 Å². The van der Waals surface area contributed by atoms with Crippen molar-refractivity contribution in [2.75, 3.05) is 0 Å². The first-order valence-electron chi connectivity index (χ1n) is 6.13. The summed E-state index contributed by atoms with van der Waals surface area (Å²) < 4.78 is 1.65. The first kappa shape index (κ1) is 12.0. The smallest absolute Gasteiger partial charge is 0.222 e. The number of hydrogen-bond donors (Lipinski definition) is 2. The van der Waals surface area contributed by atoms with E-state index in [0.29, 0.717) is 13.0 Å². The van der Waals surface area contributed by atoms with E-state index >= 15 is 0 Å². The van der Waals surface area contributed by atoms with Gasteiger partial charge < -0.3 is 11.1 Å². The molecule has 1 heterocycles. The maximum Gasteiger partial charge on any atom is 0.222 e. The van der Waals surface area contributed by atoms with Gasteiger partial charge in [0.25, 0.3) is 0 Å². The van der Waals surface area contributed by atoms with Crippen LogP contribution < -0.4 is 11.1 Å². The Kier molecular flexibility index (Phi) is 4.08. The number of nitrogens with one attached hydrogen (secondary N) is 1. The third kappa shape index (κ3) is 3.52. The summed E-state index contributed by atoms with van der Waals surface area (Å²) in [6, 6.07) is 0.256. The van der Waals surface area contributed by atoms with Crippen LogP contribution in [0.3, 0.4) is 0 Å². The Hall–Kier alpha value is -1.43. The van der Waals surface area contributed by atoms with Crippen LogP contribution in [0.25, 0.3) is 0 Å². The molecular weight excluding hydrogens is 218 g/mol. The zero-order valence-corrected chi connectivity index (χ0v) is 9.88. The molecule has 1 amide bonds. The average molecular weight is 237 g/mol. The quantitative estimate of drug-likeness (QED) is 0.775. The molecule has 1 aliphatic rings. The van der Waals surface area contributed by atoms with Crippen molar-refractivity contribution in [2.45, 2.75) is 50.7 Å². The van der Waals surface area contributed by atoms with Crippen molar-refractivity contribution in [1.82, 2.24) is 20.1 Å². The summed E-state index contributed by atoms with van der Waals surface area (Å²) in [5, 5.41) is 6.96. The number of carbonyl (C=O) groups excluding carboxylic acids is 1. The van der Waals surface area contributed by atoms with Gasteiger partial charge in [0.15, 0.2) is 0 Å². The summed E-state index contributed by atoms with van der Waals surface area (Å²) in [5.41, 5.74) is 5.98. The zero-order chi connectivity index (χ0) is 12.1.